The molecule has 0 amide bonds. The Labute approximate surface area is 67.0 Å². The lowest BCUT2D eigenvalue weighted by Crippen LogP contribution is -2.05. The van der Waals surface area contributed by atoms with E-state index < -0.39 is 0 Å². The molecule has 0 saturated heterocycles. The van der Waals surface area contributed by atoms with Crippen LogP contribution in [0, 0.1) is 11.8 Å². The second-order valence-corrected chi connectivity index (χ2v) is 3.15. The Morgan fingerprint density at radius 3 is 1.80 bits per heavy atom. The molecule has 0 spiro atoms. The summed E-state index contributed by atoms with van der Waals surface area (Å²) in [5.41, 5.74) is 0. The van der Waals surface area contributed by atoms with Crippen LogP contribution in [0.5, 0.6) is 0 Å². The topological polar surface area (TPSA) is 0 Å². The molecule has 0 nitrogen and oxygen atoms in total. The Morgan fingerprint density at radius 2 is 1.50 bits per heavy atom. The lowest BCUT2D eigenvalue weighted by Gasteiger charge is -2.16. The zero-order valence-corrected chi connectivity index (χ0v) is 7.28. The molecule has 0 N–H and O–H groups in total. The molecule has 0 aromatic heterocycles. The maximum atomic E-state index is 2.36. The fourth-order valence-electron chi connectivity index (χ4n) is 1.14. The van der Waals surface area contributed by atoms with E-state index in [9.17, 15) is 0 Å². The molecule has 0 heterocycles. The summed E-state index contributed by atoms with van der Waals surface area (Å²) in [6.07, 6.45) is 4.07. The van der Waals surface area contributed by atoms with Gasteiger partial charge in [0, 0.05) is 0 Å². The number of hydrogen-bond donors (Lipinski definition) is 0. The Bertz CT molecular complexity index is 57.1. The van der Waals surface area contributed by atoms with Crippen molar-refractivity contribution in [3.05, 3.63) is 0 Å². The van der Waals surface area contributed by atoms with E-state index in [1.807, 2.05) is 0 Å². The van der Waals surface area contributed by atoms with Crippen LogP contribution in [0.1, 0.15) is 54.4 Å². The second-order valence-electron chi connectivity index (χ2n) is 3.15. The lowest BCUT2D eigenvalue weighted by atomic mass is 9.90. The number of rotatable bonds is 4. The van der Waals surface area contributed by atoms with Gasteiger partial charge in [-0.05, 0) is 11.8 Å². The standard InChI is InChI=1S/C9H20.CH4/c1-5-7-9(4)8(3)6-2;/h8-9H,5-7H2,1-4H3;1H4. The van der Waals surface area contributed by atoms with E-state index in [1.54, 1.807) is 0 Å². The average Bonchev–Trinajstić information content (AvgIpc) is 1.87. The van der Waals surface area contributed by atoms with Crippen LogP contribution >= 0.6 is 0 Å². The molecule has 0 radical (unpaired) electrons. The molecule has 64 valence electrons. The van der Waals surface area contributed by atoms with Crippen molar-refractivity contribution in [2.75, 3.05) is 0 Å². The highest BCUT2D eigenvalue weighted by Crippen LogP contribution is 2.18. The van der Waals surface area contributed by atoms with E-state index in [-0.39, 0.29) is 7.43 Å². The summed E-state index contributed by atoms with van der Waals surface area (Å²) in [5.74, 6) is 1.85. The molecule has 0 aliphatic carbocycles. The first-order valence-corrected chi connectivity index (χ1v) is 4.22. The van der Waals surface area contributed by atoms with Crippen LogP contribution in [0.15, 0.2) is 0 Å². The van der Waals surface area contributed by atoms with Crippen molar-refractivity contribution in [3.63, 3.8) is 0 Å². The summed E-state index contributed by atoms with van der Waals surface area (Å²) < 4.78 is 0. The molecule has 0 aromatic carbocycles. The Kier molecular flexibility index (Phi) is 9.00. The van der Waals surface area contributed by atoms with Gasteiger partial charge in [-0.15, -0.1) is 0 Å². The van der Waals surface area contributed by atoms with E-state index in [2.05, 4.69) is 27.7 Å². The van der Waals surface area contributed by atoms with Gasteiger partial charge in [-0.2, -0.15) is 0 Å². The molecule has 0 rings (SSSR count). The van der Waals surface area contributed by atoms with E-state index in [0.717, 1.165) is 11.8 Å². The molecule has 10 heavy (non-hydrogen) atoms. The van der Waals surface area contributed by atoms with E-state index >= 15 is 0 Å². The lowest BCUT2D eigenvalue weighted by molar-refractivity contribution is 0.352. The quantitative estimate of drug-likeness (QED) is 0.557. The SMILES string of the molecule is C.CCCC(C)C(C)CC. The van der Waals surface area contributed by atoms with Crippen LogP contribution in [0.3, 0.4) is 0 Å². The van der Waals surface area contributed by atoms with Gasteiger partial charge in [0.25, 0.3) is 0 Å². The smallest absolute Gasteiger partial charge is 0.0417 e. The first-order chi connectivity index (χ1) is 4.22. The molecule has 0 aliphatic heterocycles. The monoisotopic (exact) mass is 144 g/mol. The molecular weight excluding hydrogens is 120 g/mol. The fourth-order valence-corrected chi connectivity index (χ4v) is 1.14. The van der Waals surface area contributed by atoms with Gasteiger partial charge in [0.1, 0.15) is 0 Å². The average molecular weight is 144 g/mol. The molecule has 2 unspecified atom stereocenters. The molecule has 0 fully saturated rings. The predicted octanol–water partition coefficient (Wildman–Crippen LogP) is 4.10. The van der Waals surface area contributed by atoms with Crippen molar-refractivity contribution >= 4 is 0 Å². The normalized spacial score (nSPS) is 15.6. The van der Waals surface area contributed by atoms with E-state index in [1.165, 1.54) is 19.3 Å². The summed E-state index contributed by atoms with van der Waals surface area (Å²) in [4.78, 5) is 0. The molecular formula is C10H24. The highest BCUT2D eigenvalue weighted by molar-refractivity contribution is 4.58. The summed E-state index contributed by atoms with van der Waals surface area (Å²) in [6, 6.07) is 0. The fraction of sp³-hybridized carbons (Fsp3) is 1.00. The van der Waals surface area contributed by atoms with Crippen molar-refractivity contribution in [1.29, 1.82) is 0 Å². The molecule has 0 bridgehead atoms. The van der Waals surface area contributed by atoms with Gasteiger partial charge in [0.05, 0.1) is 0 Å². The Hall–Kier alpha value is 0. The van der Waals surface area contributed by atoms with Crippen LogP contribution in [0.4, 0.5) is 0 Å². The zero-order chi connectivity index (χ0) is 7.28. The van der Waals surface area contributed by atoms with Gasteiger partial charge in [0.15, 0.2) is 0 Å². The zero-order valence-electron chi connectivity index (χ0n) is 7.28. The highest BCUT2D eigenvalue weighted by atomic mass is 14.1. The summed E-state index contributed by atoms with van der Waals surface area (Å²) >= 11 is 0. The van der Waals surface area contributed by atoms with Gasteiger partial charge in [-0.1, -0.05) is 54.4 Å². The maximum absolute atomic E-state index is 2.36. The third-order valence-electron chi connectivity index (χ3n) is 2.36. The van der Waals surface area contributed by atoms with Crippen LogP contribution in [0.25, 0.3) is 0 Å². The van der Waals surface area contributed by atoms with Crippen LogP contribution in [-0.4, -0.2) is 0 Å². The van der Waals surface area contributed by atoms with Gasteiger partial charge < -0.3 is 0 Å². The third kappa shape index (κ3) is 4.84. The first-order valence-electron chi connectivity index (χ1n) is 4.22. The first kappa shape index (κ1) is 12.7. The van der Waals surface area contributed by atoms with Gasteiger partial charge in [-0.25, -0.2) is 0 Å². The van der Waals surface area contributed by atoms with Gasteiger partial charge >= 0.3 is 0 Å². The van der Waals surface area contributed by atoms with Crippen molar-refractivity contribution in [1.82, 2.24) is 0 Å². The minimum atomic E-state index is 0. The third-order valence-corrected chi connectivity index (χ3v) is 2.36. The summed E-state index contributed by atoms with van der Waals surface area (Å²) in [7, 11) is 0. The largest absolute Gasteiger partial charge is 0.0776 e. The van der Waals surface area contributed by atoms with Gasteiger partial charge in [0.2, 0.25) is 0 Å². The Balaban J connectivity index is 0. The molecule has 0 heteroatoms. The molecule has 2 atom stereocenters. The molecule has 0 aromatic rings. The van der Waals surface area contributed by atoms with Crippen molar-refractivity contribution in [2.24, 2.45) is 11.8 Å². The minimum Gasteiger partial charge on any atom is -0.0776 e. The van der Waals surface area contributed by atoms with Crippen molar-refractivity contribution < 1.29 is 0 Å². The second kappa shape index (κ2) is 7.11. The number of hydrogen-bond acceptors (Lipinski definition) is 0. The Morgan fingerprint density at radius 1 is 1.00 bits per heavy atom. The molecule has 0 aliphatic rings. The van der Waals surface area contributed by atoms with E-state index in [0.29, 0.717) is 0 Å². The van der Waals surface area contributed by atoms with E-state index in [4.69, 9.17) is 0 Å². The van der Waals surface area contributed by atoms with Crippen LogP contribution in [-0.2, 0) is 0 Å². The highest BCUT2D eigenvalue weighted by Gasteiger charge is 2.07. The van der Waals surface area contributed by atoms with Crippen LogP contribution < -0.4 is 0 Å². The summed E-state index contributed by atoms with van der Waals surface area (Å²) in [6.45, 7) is 9.24. The predicted molar refractivity (Wildman–Crippen MR) is 50.3 cm³/mol. The summed E-state index contributed by atoms with van der Waals surface area (Å²) in [5, 5.41) is 0. The molecule has 0 saturated carbocycles. The minimum absolute atomic E-state index is 0. The van der Waals surface area contributed by atoms with Gasteiger partial charge in [-0.3, -0.25) is 0 Å². The van der Waals surface area contributed by atoms with Crippen molar-refractivity contribution in [2.45, 2.75) is 54.4 Å². The van der Waals surface area contributed by atoms with Crippen LogP contribution in [0.2, 0.25) is 0 Å². The van der Waals surface area contributed by atoms with Crippen molar-refractivity contribution in [3.8, 4) is 0 Å². The maximum Gasteiger partial charge on any atom is -0.0417 e.